The molecule has 1 aliphatic heterocycles. The topological polar surface area (TPSA) is 90.7 Å². The number of benzene rings is 2. The summed E-state index contributed by atoms with van der Waals surface area (Å²) >= 11 is 3.09. The Bertz CT molecular complexity index is 796. The van der Waals surface area contributed by atoms with Gasteiger partial charge in [0.05, 0.1) is 15.9 Å². The average molecular weight is 393 g/mol. The molecule has 2 aromatic rings. The molecular formula is C16H13BrN2O5. The van der Waals surface area contributed by atoms with Gasteiger partial charge in [-0.15, -0.1) is 0 Å². The monoisotopic (exact) mass is 392 g/mol. The Morgan fingerprint density at radius 2 is 2.04 bits per heavy atom. The second-order valence-corrected chi connectivity index (χ2v) is 5.99. The molecule has 0 aromatic heterocycles. The lowest BCUT2D eigenvalue weighted by Crippen LogP contribution is -2.40. The number of nitrogens with one attached hydrogen (secondary N) is 1. The van der Waals surface area contributed by atoms with Gasteiger partial charge in [0, 0.05) is 11.6 Å². The number of halogens is 1. The minimum atomic E-state index is -0.546. The van der Waals surface area contributed by atoms with Crippen LogP contribution >= 0.6 is 15.9 Å². The Morgan fingerprint density at radius 1 is 1.29 bits per heavy atom. The lowest BCUT2D eigenvalue weighted by Gasteiger charge is -2.26. The zero-order valence-corrected chi connectivity index (χ0v) is 14.0. The van der Waals surface area contributed by atoms with E-state index in [2.05, 4.69) is 21.2 Å². The molecule has 0 saturated heterocycles. The van der Waals surface area contributed by atoms with Crippen LogP contribution in [0, 0.1) is 10.1 Å². The van der Waals surface area contributed by atoms with Gasteiger partial charge in [0.25, 0.3) is 11.6 Å². The van der Waals surface area contributed by atoms with Gasteiger partial charge in [-0.2, -0.15) is 0 Å². The Hall–Kier alpha value is -2.61. The molecule has 0 spiro atoms. The first kappa shape index (κ1) is 16.3. The predicted octanol–water partition coefficient (Wildman–Crippen LogP) is 2.93. The van der Waals surface area contributed by atoms with E-state index in [-0.39, 0.29) is 23.9 Å². The van der Waals surface area contributed by atoms with E-state index in [9.17, 15) is 14.9 Å². The van der Waals surface area contributed by atoms with E-state index in [4.69, 9.17) is 9.47 Å². The molecule has 1 heterocycles. The van der Waals surface area contributed by atoms with Crippen molar-refractivity contribution in [3.63, 3.8) is 0 Å². The van der Waals surface area contributed by atoms with E-state index < -0.39 is 10.8 Å². The van der Waals surface area contributed by atoms with Crippen LogP contribution in [0.15, 0.2) is 46.9 Å². The third kappa shape index (κ3) is 3.48. The fourth-order valence-corrected chi connectivity index (χ4v) is 2.66. The number of carbonyl (C=O) groups excluding carboxylic acids is 1. The van der Waals surface area contributed by atoms with Gasteiger partial charge in [-0.25, -0.2) is 0 Å². The van der Waals surface area contributed by atoms with Crippen molar-refractivity contribution < 1.29 is 19.2 Å². The van der Waals surface area contributed by atoms with Gasteiger partial charge in [0.15, 0.2) is 11.5 Å². The lowest BCUT2D eigenvalue weighted by molar-refractivity contribution is -0.385. The molecular weight excluding hydrogens is 380 g/mol. The molecule has 1 atom stereocenters. The third-order valence-corrected chi connectivity index (χ3v) is 4.13. The average Bonchev–Trinajstić information content (AvgIpc) is 2.59. The Kier molecular flexibility index (Phi) is 4.66. The second kappa shape index (κ2) is 6.88. The summed E-state index contributed by atoms with van der Waals surface area (Å²) in [5, 5.41) is 13.6. The maximum absolute atomic E-state index is 12.2. The predicted molar refractivity (Wildman–Crippen MR) is 89.5 cm³/mol. The van der Waals surface area contributed by atoms with Crippen LogP contribution in [0.5, 0.6) is 11.5 Å². The second-order valence-electron chi connectivity index (χ2n) is 5.13. The number of carbonyl (C=O) groups is 1. The van der Waals surface area contributed by atoms with Gasteiger partial charge in [-0.05, 0) is 40.2 Å². The van der Waals surface area contributed by atoms with Crippen LogP contribution in [0.25, 0.3) is 0 Å². The highest BCUT2D eigenvalue weighted by atomic mass is 79.9. The highest BCUT2D eigenvalue weighted by molar-refractivity contribution is 9.10. The first-order valence-electron chi connectivity index (χ1n) is 7.15. The molecule has 1 aliphatic rings. The standard InChI is InChI=1S/C16H13BrN2O5/c17-12-6-5-10(7-13(12)19(21)22)16(20)18-8-11-9-23-14-3-1-2-4-15(14)24-11/h1-7,11H,8-9H2,(H,18,20). The number of para-hydroxylation sites is 2. The Morgan fingerprint density at radius 3 is 2.79 bits per heavy atom. The fraction of sp³-hybridized carbons (Fsp3) is 0.188. The number of ether oxygens (including phenoxy) is 2. The molecule has 0 radical (unpaired) electrons. The van der Waals surface area contributed by atoms with E-state index in [0.717, 1.165) is 0 Å². The van der Waals surface area contributed by atoms with Crippen LogP contribution < -0.4 is 14.8 Å². The van der Waals surface area contributed by atoms with Crippen LogP contribution in [-0.2, 0) is 0 Å². The maximum Gasteiger partial charge on any atom is 0.284 e. The quantitative estimate of drug-likeness (QED) is 0.637. The zero-order valence-electron chi connectivity index (χ0n) is 12.4. The summed E-state index contributed by atoms with van der Waals surface area (Å²) in [5.41, 5.74) is 0.0517. The number of nitro benzene ring substituents is 1. The van der Waals surface area contributed by atoms with E-state index in [1.165, 1.54) is 18.2 Å². The van der Waals surface area contributed by atoms with Crippen LogP contribution in [-0.4, -0.2) is 30.1 Å². The van der Waals surface area contributed by atoms with Crippen molar-refractivity contribution >= 4 is 27.5 Å². The number of amides is 1. The van der Waals surface area contributed by atoms with Gasteiger partial charge in [-0.1, -0.05) is 12.1 Å². The first-order valence-corrected chi connectivity index (χ1v) is 7.94. The molecule has 1 unspecified atom stereocenters. The minimum absolute atomic E-state index is 0.158. The first-order chi connectivity index (χ1) is 11.5. The molecule has 3 rings (SSSR count). The molecule has 0 bridgehead atoms. The van der Waals surface area contributed by atoms with Crippen molar-refractivity contribution in [3.05, 3.63) is 62.6 Å². The molecule has 0 saturated carbocycles. The van der Waals surface area contributed by atoms with Crippen LogP contribution in [0.4, 0.5) is 5.69 Å². The van der Waals surface area contributed by atoms with Crippen molar-refractivity contribution in [2.75, 3.05) is 13.2 Å². The molecule has 1 amide bonds. The minimum Gasteiger partial charge on any atom is -0.486 e. The molecule has 7 nitrogen and oxygen atoms in total. The van der Waals surface area contributed by atoms with Crippen LogP contribution in [0.1, 0.15) is 10.4 Å². The summed E-state index contributed by atoms with van der Waals surface area (Å²) in [6, 6.07) is 11.5. The van der Waals surface area contributed by atoms with Crippen LogP contribution in [0.3, 0.4) is 0 Å². The van der Waals surface area contributed by atoms with E-state index in [1.54, 1.807) is 6.07 Å². The Labute approximate surface area is 145 Å². The highest BCUT2D eigenvalue weighted by Crippen LogP contribution is 2.30. The molecule has 1 N–H and O–H groups in total. The number of nitrogens with zero attached hydrogens (tertiary/aromatic N) is 1. The van der Waals surface area contributed by atoms with E-state index in [1.807, 2.05) is 18.2 Å². The smallest absolute Gasteiger partial charge is 0.284 e. The normalized spacial score (nSPS) is 15.6. The van der Waals surface area contributed by atoms with E-state index >= 15 is 0 Å². The van der Waals surface area contributed by atoms with Crippen molar-refractivity contribution in [2.24, 2.45) is 0 Å². The molecule has 24 heavy (non-hydrogen) atoms. The van der Waals surface area contributed by atoms with Crippen LogP contribution in [0.2, 0.25) is 0 Å². The van der Waals surface area contributed by atoms with Gasteiger partial charge >= 0.3 is 0 Å². The SMILES string of the molecule is O=C(NCC1COc2ccccc2O1)c1ccc(Br)c([N+](=O)[O-])c1. The summed E-state index contributed by atoms with van der Waals surface area (Å²) in [7, 11) is 0. The van der Waals surface area contributed by atoms with Crippen molar-refractivity contribution in [2.45, 2.75) is 6.10 Å². The van der Waals surface area contributed by atoms with Gasteiger partial charge < -0.3 is 14.8 Å². The fourth-order valence-electron chi connectivity index (χ4n) is 2.27. The summed E-state index contributed by atoms with van der Waals surface area (Å²) in [5.74, 6) is 0.888. The Balaban J connectivity index is 1.62. The highest BCUT2D eigenvalue weighted by Gasteiger charge is 2.22. The summed E-state index contributed by atoms with van der Waals surface area (Å²) in [6.45, 7) is 0.550. The van der Waals surface area contributed by atoms with E-state index in [0.29, 0.717) is 22.6 Å². The van der Waals surface area contributed by atoms with Crippen molar-refractivity contribution in [1.29, 1.82) is 0 Å². The van der Waals surface area contributed by atoms with Gasteiger partial charge in [0.2, 0.25) is 0 Å². The van der Waals surface area contributed by atoms with Crippen molar-refractivity contribution in [3.8, 4) is 11.5 Å². The summed E-state index contributed by atoms with van der Waals surface area (Å²) in [4.78, 5) is 22.6. The summed E-state index contributed by atoms with van der Waals surface area (Å²) in [6.07, 6.45) is -0.325. The van der Waals surface area contributed by atoms with Gasteiger partial charge in [0.1, 0.15) is 12.7 Å². The third-order valence-electron chi connectivity index (χ3n) is 3.46. The zero-order chi connectivity index (χ0) is 17.1. The largest absolute Gasteiger partial charge is 0.486 e. The number of rotatable bonds is 4. The molecule has 0 fully saturated rings. The molecule has 8 heteroatoms. The number of nitro groups is 1. The summed E-state index contributed by atoms with van der Waals surface area (Å²) < 4.78 is 11.6. The molecule has 0 aliphatic carbocycles. The number of hydrogen-bond donors (Lipinski definition) is 1. The maximum atomic E-state index is 12.2. The molecule has 124 valence electrons. The molecule has 2 aromatic carbocycles. The number of hydrogen-bond acceptors (Lipinski definition) is 5. The van der Waals surface area contributed by atoms with Gasteiger partial charge in [-0.3, -0.25) is 14.9 Å². The lowest BCUT2D eigenvalue weighted by atomic mass is 10.2. The number of fused-ring (bicyclic) bond motifs is 1. The van der Waals surface area contributed by atoms with Crippen molar-refractivity contribution in [1.82, 2.24) is 5.32 Å².